The second kappa shape index (κ2) is 7.96. The summed E-state index contributed by atoms with van der Waals surface area (Å²) in [5.41, 5.74) is 2.55. The first-order valence-electron chi connectivity index (χ1n) is 7.93. The number of piperazine rings is 1. The van der Waals surface area contributed by atoms with E-state index in [4.69, 9.17) is 16.3 Å². The van der Waals surface area contributed by atoms with E-state index < -0.39 is 0 Å². The highest BCUT2D eigenvalue weighted by atomic mass is 35.5. The fraction of sp³-hybridized carbons (Fsp3) is 0.412. The number of halogens is 1. The van der Waals surface area contributed by atoms with Crippen LogP contribution >= 0.6 is 22.9 Å². The third-order valence-corrected chi connectivity index (χ3v) is 5.26. The zero-order valence-electron chi connectivity index (χ0n) is 13.6. The highest BCUT2D eigenvalue weighted by Gasteiger charge is 2.24. The maximum Gasteiger partial charge on any atom is 0.265 e. The van der Waals surface area contributed by atoms with Crippen molar-refractivity contribution in [3.8, 4) is 5.75 Å². The number of hydrogen-bond acceptors (Lipinski definition) is 5. The minimum atomic E-state index is 0.104. The van der Waals surface area contributed by atoms with Crippen LogP contribution in [0.1, 0.15) is 15.4 Å². The number of nitrogens with zero attached hydrogens (tertiary/aromatic N) is 3. The summed E-state index contributed by atoms with van der Waals surface area (Å²) in [6.45, 7) is 6.59. The average molecular weight is 366 g/mol. The number of hydrogen-bond donors (Lipinski definition) is 0. The predicted octanol–water partition coefficient (Wildman–Crippen LogP) is 2.94. The minimum Gasteiger partial charge on any atom is -0.492 e. The van der Waals surface area contributed by atoms with E-state index in [0.717, 1.165) is 49.0 Å². The summed E-state index contributed by atoms with van der Waals surface area (Å²) in [5.74, 6) is 0.931. The number of ether oxygens (including phenoxy) is 1. The van der Waals surface area contributed by atoms with Crippen LogP contribution in [0.3, 0.4) is 0 Å². The Labute approximate surface area is 150 Å². The molecule has 0 saturated carbocycles. The lowest BCUT2D eigenvalue weighted by atomic mass is 10.2. The van der Waals surface area contributed by atoms with Gasteiger partial charge in [0.25, 0.3) is 5.91 Å². The molecule has 2 heterocycles. The van der Waals surface area contributed by atoms with Crippen molar-refractivity contribution >= 4 is 28.8 Å². The third-order valence-electron chi connectivity index (χ3n) is 4.09. The molecule has 1 saturated heterocycles. The van der Waals surface area contributed by atoms with E-state index in [1.165, 1.54) is 11.3 Å². The van der Waals surface area contributed by atoms with E-state index in [-0.39, 0.29) is 5.91 Å². The molecular weight excluding hydrogens is 346 g/mol. The van der Waals surface area contributed by atoms with Crippen molar-refractivity contribution in [2.75, 3.05) is 39.3 Å². The molecule has 0 N–H and O–H groups in total. The van der Waals surface area contributed by atoms with Gasteiger partial charge in [0, 0.05) is 37.7 Å². The standard InChI is InChI=1S/C17H20ClN3O2S/c1-13-16(24-12-19-13)17(22)21-8-6-20(7-9-21)10-11-23-15-4-2-14(18)3-5-15/h2-5,12H,6-11H2,1H3. The monoisotopic (exact) mass is 365 g/mol. The van der Waals surface area contributed by atoms with Gasteiger partial charge in [0.05, 0.1) is 11.2 Å². The molecule has 2 aromatic rings. The lowest BCUT2D eigenvalue weighted by molar-refractivity contribution is 0.0624. The van der Waals surface area contributed by atoms with Crippen LogP contribution in [0.4, 0.5) is 0 Å². The van der Waals surface area contributed by atoms with E-state index in [1.807, 2.05) is 36.1 Å². The van der Waals surface area contributed by atoms with E-state index in [9.17, 15) is 4.79 Å². The first-order valence-corrected chi connectivity index (χ1v) is 9.19. The summed E-state index contributed by atoms with van der Waals surface area (Å²) in [4.78, 5) is 21.6. The normalized spacial score (nSPS) is 15.5. The van der Waals surface area contributed by atoms with Gasteiger partial charge in [-0.2, -0.15) is 0 Å². The lowest BCUT2D eigenvalue weighted by Gasteiger charge is -2.34. The van der Waals surface area contributed by atoms with Crippen molar-refractivity contribution in [1.29, 1.82) is 0 Å². The van der Waals surface area contributed by atoms with E-state index in [2.05, 4.69) is 9.88 Å². The summed E-state index contributed by atoms with van der Waals surface area (Å²) in [6, 6.07) is 7.39. The molecular formula is C17H20ClN3O2S. The first kappa shape index (κ1) is 17.2. The van der Waals surface area contributed by atoms with Crippen molar-refractivity contribution in [2.45, 2.75) is 6.92 Å². The number of carbonyl (C=O) groups is 1. The van der Waals surface area contributed by atoms with Crippen LogP contribution in [-0.4, -0.2) is 60.0 Å². The second-order valence-corrected chi connectivity index (χ2v) is 6.99. The molecule has 0 spiro atoms. The van der Waals surface area contributed by atoms with Crippen molar-refractivity contribution in [1.82, 2.24) is 14.8 Å². The largest absolute Gasteiger partial charge is 0.492 e. The lowest BCUT2D eigenvalue weighted by Crippen LogP contribution is -2.49. The summed E-state index contributed by atoms with van der Waals surface area (Å²) < 4.78 is 5.73. The van der Waals surface area contributed by atoms with Crippen LogP contribution in [0.15, 0.2) is 29.8 Å². The van der Waals surface area contributed by atoms with Gasteiger partial charge in [-0.3, -0.25) is 9.69 Å². The SMILES string of the molecule is Cc1ncsc1C(=O)N1CCN(CCOc2ccc(Cl)cc2)CC1. The fourth-order valence-electron chi connectivity index (χ4n) is 2.65. The zero-order chi connectivity index (χ0) is 16.9. The first-order chi connectivity index (χ1) is 11.6. The molecule has 1 aromatic carbocycles. The molecule has 0 unspecified atom stereocenters. The molecule has 24 heavy (non-hydrogen) atoms. The molecule has 1 aliphatic heterocycles. The Balaban J connectivity index is 1.41. The Morgan fingerprint density at radius 2 is 1.96 bits per heavy atom. The fourth-order valence-corrected chi connectivity index (χ4v) is 3.54. The zero-order valence-corrected chi connectivity index (χ0v) is 15.1. The maximum absolute atomic E-state index is 12.5. The number of aromatic nitrogens is 1. The number of aryl methyl sites for hydroxylation is 1. The van der Waals surface area contributed by atoms with Crippen LogP contribution in [0.5, 0.6) is 5.75 Å². The number of benzene rings is 1. The Hall–Kier alpha value is -1.63. The molecule has 1 aromatic heterocycles. The molecule has 1 aliphatic rings. The molecule has 1 amide bonds. The van der Waals surface area contributed by atoms with Gasteiger partial charge in [0.2, 0.25) is 0 Å². The highest BCUT2D eigenvalue weighted by molar-refractivity contribution is 7.11. The summed E-state index contributed by atoms with van der Waals surface area (Å²) in [6.07, 6.45) is 0. The Morgan fingerprint density at radius 3 is 2.58 bits per heavy atom. The Kier molecular flexibility index (Phi) is 5.71. The minimum absolute atomic E-state index is 0.104. The Morgan fingerprint density at radius 1 is 1.25 bits per heavy atom. The third kappa shape index (κ3) is 4.26. The van der Waals surface area contributed by atoms with Gasteiger partial charge in [0.15, 0.2) is 0 Å². The maximum atomic E-state index is 12.5. The van der Waals surface area contributed by atoms with E-state index in [1.54, 1.807) is 5.51 Å². The quantitative estimate of drug-likeness (QED) is 0.817. The van der Waals surface area contributed by atoms with Crippen molar-refractivity contribution in [3.63, 3.8) is 0 Å². The molecule has 128 valence electrons. The van der Waals surface area contributed by atoms with Crippen molar-refractivity contribution in [2.24, 2.45) is 0 Å². The van der Waals surface area contributed by atoms with Gasteiger partial charge < -0.3 is 9.64 Å². The predicted molar refractivity (Wildman–Crippen MR) is 96.1 cm³/mol. The smallest absolute Gasteiger partial charge is 0.265 e. The Bertz CT molecular complexity index is 681. The molecule has 0 radical (unpaired) electrons. The van der Waals surface area contributed by atoms with Crippen molar-refractivity contribution < 1.29 is 9.53 Å². The van der Waals surface area contributed by atoms with Gasteiger partial charge in [-0.1, -0.05) is 11.6 Å². The van der Waals surface area contributed by atoms with Crippen LogP contribution in [0.25, 0.3) is 0 Å². The number of rotatable bonds is 5. The second-order valence-electron chi connectivity index (χ2n) is 5.70. The average Bonchev–Trinajstić information content (AvgIpc) is 3.03. The summed E-state index contributed by atoms with van der Waals surface area (Å²) >= 11 is 7.27. The van der Waals surface area contributed by atoms with Gasteiger partial charge in [0.1, 0.15) is 17.2 Å². The topological polar surface area (TPSA) is 45.7 Å². The summed E-state index contributed by atoms with van der Waals surface area (Å²) in [7, 11) is 0. The van der Waals surface area contributed by atoms with Crippen molar-refractivity contribution in [3.05, 3.63) is 45.4 Å². The molecule has 0 atom stereocenters. The highest BCUT2D eigenvalue weighted by Crippen LogP contribution is 2.17. The van der Waals surface area contributed by atoms with Gasteiger partial charge >= 0.3 is 0 Å². The molecule has 0 bridgehead atoms. The molecule has 1 fully saturated rings. The van der Waals surface area contributed by atoms with Gasteiger partial charge in [-0.15, -0.1) is 11.3 Å². The number of amides is 1. The molecule has 3 rings (SSSR count). The number of thiazole rings is 1. The van der Waals surface area contributed by atoms with Crippen LogP contribution in [0.2, 0.25) is 5.02 Å². The van der Waals surface area contributed by atoms with Gasteiger partial charge in [-0.05, 0) is 31.2 Å². The van der Waals surface area contributed by atoms with E-state index in [0.29, 0.717) is 11.6 Å². The van der Waals surface area contributed by atoms with Gasteiger partial charge in [-0.25, -0.2) is 4.98 Å². The van der Waals surface area contributed by atoms with E-state index >= 15 is 0 Å². The molecule has 0 aliphatic carbocycles. The number of carbonyl (C=O) groups excluding carboxylic acids is 1. The van der Waals surface area contributed by atoms with Crippen LogP contribution in [0, 0.1) is 6.92 Å². The molecule has 7 heteroatoms. The summed E-state index contributed by atoms with van der Waals surface area (Å²) in [5, 5.41) is 0.708. The molecule has 5 nitrogen and oxygen atoms in total. The van der Waals surface area contributed by atoms with Crippen LogP contribution < -0.4 is 4.74 Å². The van der Waals surface area contributed by atoms with Crippen LogP contribution in [-0.2, 0) is 0 Å².